The lowest BCUT2D eigenvalue weighted by atomic mass is 9.94. The molecule has 0 N–H and O–H groups in total. The van der Waals surface area contributed by atoms with E-state index in [1.165, 1.54) is 15.4 Å². The van der Waals surface area contributed by atoms with Crippen LogP contribution in [0, 0.1) is 10.8 Å². The summed E-state index contributed by atoms with van der Waals surface area (Å²) in [5.74, 6) is 0. The Hall–Kier alpha value is -0.0301. The zero-order valence-electron chi connectivity index (χ0n) is 10.6. The quantitative estimate of drug-likeness (QED) is 0.581. The molecule has 6 heteroatoms. The Morgan fingerprint density at radius 1 is 0.625 bits per heavy atom. The molecule has 0 aromatic heterocycles. The Labute approximate surface area is 99.6 Å². The fourth-order valence-corrected chi connectivity index (χ4v) is 1.22. The van der Waals surface area contributed by atoms with Crippen molar-refractivity contribution in [2.75, 3.05) is 26.4 Å². The second kappa shape index (κ2) is 6.05. The van der Waals surface area contributed by atoms with Gasteiger partial charge in [0.15, 0.2) is 0 Å². The van der Waals surface area contributed by atoms with Gasteiger partial charge in [0.2, 0.25) is 0 Å². The fourth-order valence-electron chi connectivity index (χ4n) is 1.22. The SMILES string of the molecule is CC1(C)CO[B]OC1.CC1(C)CO[B]OC1. The van der Waals surface area contributed by atoms with E-state index < -0.39 is 0 Å². The highest BCUT2D eigenvalue weighted by molar-refractivity contribution is 6.18. The summed E-state index contributed by atoms with van der Waals surface area (Å²) in [6, 6.07) is 0. The van der Waals surface area contributed by atoms with Gasteiger partial charge in [0, 0.05) is 37.3 Å². The first-order valence-electron chi connectivity index (χ1n) is 5.51. The number of hydrogen-bond donors (Lipinski definition) is 0. The van der Waals surface area contributed by atoms with Crippen LogP contribution in [-0.4, -0.2) is 41.8 Å². The topological polar surface area (TPSA) is 36.9 Å². The van der Waals surface area contributed by atoms with Crippen molar-refractivity contribution in [2.24, 2.45) is 10.8 Å². The molecule has 2 heterocycles. The second-order valence-corrected chi connectivity index (χ2v) is 5.76. The van der Waals surface area contributed by atoms with Crippen LogP contribution in [0.2, 0.25) is 0 Å². The van der Waals surface area contributed by atoms with Crippen LogP contribution in [0.3, 0.4) is 0 Å². The lowest BCUT2D eigenvalue weighted by Crippen LogP contribution is -2.33. The van der Waals surface area contributed by atoms with Crippen molar-refractivity contribution in [2.45, 2.75) is 27.7 Å². The molecule has 0 aliphatic carbocycles. The molecule has 2 rings (SSSR count). The van der Waals surface area contributed by atoms with Crippen LogP contribution >= 0.6 is 0 Å². The number of hydrogen-bond acceptors (Lipinski definition) is 4. The zero-order chi connectivity index (χ0) is 12.1. The summed E-state index contributed by atoms with van der Waals surface area (Å²) >= 11 is 0. The summed E-state index contributed by atoms with van der Waals surface area (Å²) in [4.78, 5) is 0. The molecule has 2 radical (unpaired) electrons. The van der Waals surface area contributed by atoms with Gasteiger partial charge in [-0.1, -0.05) is 27.7 Å². The predicted molar refractivity (Wildman–Crippen MR) is 62.9 cm³/mol. The van der Waals surface area contributed by atoms with Crippen LogP contribution in [0.25, 0.3) is 0 Å². The highest BCUT2D eigenvalue weighted by Gasteiger charge is 2.23. The Morgan fingerprint density at radius 2 is 0.875 bits per heavy atom. The molecule has 2 aliphatic heterocycles. The molecular weight excluding hydrogens is 206 g/mol. The summed E-state index contributed by atoms with van der Waals surface area (Å²) in [6.07, 6.45) is 0. The average molecular weight is 226 g/mol. The summed E-state index contributed by atoms with van der Waals surface area (Å²) in [7, 11) is 2.82. The van der Waals surface area contributed by atoms with Crippen molar-refractivity contribution in [3.05, 3.63) is 0 Å². The summed E-state index contributed by atoms with van der Waals surface area (Å²) < 4.78 is 19.8. The van der Waals surface area contributed by atoms with E-state index in [0.717, 1.165) is 26.4 Å². The van der Waals surface area contributed by atoms with Crippen LogP contribution in [-0.2, 0) is 18.6 Å². The monoisotopic (exact) mass is 226 g/mol. The van der Waals surface area contributed by atoms with Gasteiger partial charge in [0.05, 0.1) is 0 Å². The van der Waals surface area contributed by atoms with E-state index in [-0.39, 0.29) is 10.8 Å². The molecule has 4 nitrogen and oxygen atoms in total. The molecule has 2 aliphatic rings. The van der Waals surface area contributed by atoms with E-state index in [1.807, 2.05) is 0 Å². The maximum absolute atomic E-state index is 4.94. The molecule has 2 fully saturated rings. The molecule has 0 bridgehead atoms. The molecule has 0 saturated carbocycles. The maximum Gasteiger partial charge on any atom is 0.488 e. The van der Waals surface area contributed by atoms with Gasteiger partial charge >= 0.3 is 15.4 Å². The largest absolute Gasteiger partial charge is 0.488 e. The molecule has 16 heavy (non-hydrogen) atoms. The lowest BCUT2D eigenvalue weighted by molar-refractivity contribution is 0.0430. The van der Waals surface area contributed by atoms with Gasteiger partial charge in [0.1, 0.15) is 0 Å². The Bertz CT molecular complexity index is 171. The smallest absolute Gasteiger partial charge is 0.413 e. The average Bonchev–Trinajstić information content (AvgIpc) is 2.17. The molecule has 0 aromatic carbocycles. The Balaban J connectivity index is 0.000000160. The minimum atomic E-state index is 0.203. The standard InChI is InChI=1S/2C5H10BO2/c2*1-5(2)3-7-6-8-4-5/h2*3-4H2,1-2H3. The third-order valence-electron chi connectivity index (χ3n) is 2.17. The van der Waals surface area contributed by atoms with Gasteiger partial charge in [-0.05, 0) is 0 Å². The highest BCUT2D eigenvalue weighted by Crippen LogP contribution is 2.18. The van der Waals surface area contributed by atoms with Gasteiger partial charge in [0.25, 0.3) is 0 Å². The van der Waals surface area contributed by atoms with Crippen LogP contribution in [0.5, 0.6) is 0 Å². The van der Waals surface area contributed by atoms with Gasteiger partial charge in [-0.3, -0.25) is 0 Å². The van der Waals surface area contributed by atoms with Gasteiger partial charge in [-0.2, -0.15) is 0 Å². The van der Waals surface area contributed by atoms with Crippen LogP contribution in [0.4, 0.5) is 0 Å². The van der Waals surface area contributed by atoms with E-state index in [9.17, 15) is 0 Å². The minimum absolute atomic E-state index is 0.203. The lowest BCUT2D eigenvalue weighted by Gasteiger charge is -2.28. The molecule has 0 spiro atoms. The normalized spacial score (nSPS) is 26.8. The Morgan fingerprint density at radius 3 is 1.00 bits per heavy atom. The third kappa shape index (κ3) is 5.89. The third-order valence-corrected chi connectivity index (χ3v) is 2.17. The van der Waals surface area contributed by atoms with E-state index in [0.29, 0.717) is 0 Å². The van der Waals surface area contributed by atoms with Crippen molar-refractivity contribution >= 4 is 15.4 Å². The molecule has 0 atom stereocenters. The first kappa shape index (κ1) is 14.0. The zero-order valence-corrected chi connectivity index (χ0v) is 10.6. The maximum atomic E-state index is 4.94. The molecule has 0 amide bonds. The van der Waals surface area contributed by atoms with Gasteiger partial charge < -0.3 is 18.6 Å². The molecular formula is C10H20B2O4. The van der Waals surface area contributed by atoms with E-state index >= 15 is 0 Å². The van der Waals surface area contributed by atoms with Crippen LogP contribution in [0.1, 0.15) is 27.7 Å². The second-order valence-electron chi connectivity index (χ2n) is 5.76. The van der Waals surface area contributed by atoms with Crippen LogP contribution < -0.4 is 0 Å². The summed E-state index contributed by atoms with van der Waals surface area (Å²) in [5.41, 5.74) is 0.406. The summed E-state index contributed by atoms with van der Waals surface area (Å²) in [5, 5.41) is 0. The highest BCUT2D eigenvalue weighted by atomic mass is 16.6. The molecule has 2 saturated heterocycles. The first-order chi connectivity index (χ1) is 7.41. The van der Waals surface area contributed by atoms with Crippen molar-refractivity contribution in [1.82, 2.24) is 0 Å². The van der Waals surface area contributed by atoms with Crippen molar-refractivity contribution < 1.29 is 18.6 Å². The number of rotatable bonds is 0. The first-order valence-corrected chi connectivity index (χ1v) is 5.51. The summed E-state index contributed by atoms with van der Waals surface area (Å²) in [6.45, 7) is 11.5. The van der Waals surface area contributed by atoms with Crippen molar-refractivity contribution in [3.63, 3.8) is 0 Å². The van der Waals surface area contributed by atoms with Crippen molar-refractivity contribution in [1.29, 1.82) is 0 Å². The Kier molecular flexibility index (Phi) is 5.31. The van der Waals surface area contributed by atoms with E-state index in [2.05, 4.69) is 27.7 Å². The van der Waals surface area contributed by atoms with E-state index in [4.69, 9.17) is 18.6 Å². The van der Waals surface area contributed by atoms with Crippen LogP contribution in [0.15, 0.2) is 0 Å². The minimum Gasteiger partial charge on any atom is -0.413 e. The predicted octanol–water partition coefficient (Wildman–Crippen LogP) is 1.19. The molecule has 0 aromatic rings. The fraction of sp³-hybridized carbons (Fsp3) is 1.00. The molecule has 0 unspecified atom stereocenters. The van der Waals surface area contributed by atoms with Crippen molar-refractivity contribution in [3.8, 4) is 0 Å². The molecule has 90 valence electrons. The van der Waals surface area contributed by atoms with E-state index in [1.54, 1.807) is 0 Å². The van der Waals surface area contributed by atoms with Gasteiger partial charge in [-0.15, -0.1) is 0 Å². The van der Waals surface area contributed by atoms with Gasteiger partial charge in [-0.25, -0.2) is 0 Å².